The molecule has 4 rings (SSSR count). The van der Waals surface area contributed by atoms with Crippen LogP contribution in [0.25, 0.3) is 0 Å². The Balaban J connectivity index is 1.78. The van der Waals surface area contributed by atoms with Gasteiger partial charge in [0.25, 0.3) is 0 Å². The van der Waals surface area contributed by atoms with Crippen LogP contribution in [0.3, 0.4) is 0 Å². The fraction of sp³-hybridized carbons (Fsp3) is 0.0400. The lowest BCUT2D eigenvalue weighted by molar-refractivity contribution is 0.376. The summed E-state index contributed by atoms with van der Waals surface area (Å²) < 4.78 is 27.7. The Hall–Kier alpha value is -2.76. The quantitative estimate of drug-likeness (QED) is 0.183. The van der Waals surface area contributed by atoms with Gasteiger partial charge in [0, 0.05) is 9.26 Å². The van der Waals surface area contributed by atoms with E-state index in [2.05, 4.69) is 27.9 Å². The zero-order chi connectivity index (χ0) is 21.5. The van der Waals surface area contributed by atoms with Crippen LogP contribution in [0.1, 0.15) is 11.3 Å². The highest BCUT2D eigenvalue weighted by molar-refractivity contribution is 14.1. The average molecular weight is 541 g/mol. The van der Waals surface area contributed by atoms with E-state index in [9.17, 15) is 4.57 Å². The zero-order valence-corrected chi connectivity index (χ0v) is 19.6. The van der Waals surface area contributed by atoms with E-state index >= 15 is 0 Å². The molecule has 0 amide bonds. The second-order valence-corrected chi connectivity index (χ2v) is 10.0. The smallest absolute Gasteiger partial charge is 0.414 e. The Kier molecular flexibility index (Phi) is 6.95. The minimum absolute atomic E-state index is 0.479. The van der Waals surface area contributed by atoms with Gasteiger partial charge < -0.3 is 14.4 Å². The van der Waals surface area contributed by atoms with Gasteiger partial charge in [0.05, 0.1) is 0 Å². The predicted molar refractivity (Wildman–Crippen MR) is 134 cm³/mol. The van der Waals surface area contributed by atoms with E-state index in [-0.39, 0.29) is 0 Å². The van der Waals surface area contributed by atoms with E-state index < -0.39 is 13.4 Å². The van der Waals surface area contributed by atoms with Gasteiger partial charge in [-0.05, 0) is 76.7 Å². The third kappa shape index (κ3) is 5.69. The lowest BCUT2D eigenvalue weighted by Gasteiger charge is -2.29. The summed E-state index contributed by atoms with van der Waals surface area (Å²) >= 11 is 2.26. The highest BCUT2D eigenvalue weighted by Crippen LogP contribution is 2.60. The van der Waals surface area contributed by atoms with Gasteiger partial charge in [0.1, 0.15) is 11.5 Å². The van der Waals surface area contributed by atoms with Gasteiger partial charge in [-0.2, -0.15) is 0 Å². The maximum atomic E-state index is 14.4. The molecule has 0 bridgehead atoms. The first kappa shape index (κ1) is 21.5. The number of nitrogens with one attached hydrogen (secondary N) is 1. The fourth-order valence-electron chi connectivity index (χ4n) is 3.06. The van der Waals surface area contributed by atoms with Crippen LogP contribution < -0.4 is 14.4 Å². The number of halogens is 1. The van der Waals surface area contributed by atoms with Crippen LogP contribution in [0.5, 0.6) is 11.5 Å². The van der Waals surface area contributed by atoms with Crippen molar-refractivity contribution in [2.75, 3.05) is 5.32 Å². The molecule has 1 atom stereocenters. The molecule has 156 valence electrons. The van der Waals surface area contributed by atoms with Crippen LogP contribution in [-0.4, -0.2) is 0 Å². The normalized spacial score (nSPS) is 12.0. The van der Waals surface area contributed by atoms with Crippen LogP contribution in [0, 0.1) is 3.57 Å². The van der Waals surface area contributed by atoms with Crippen molar-refractivity contribution < 1.29 is 13.6 Å². The Bertz CT molecular complexity index is 1090. The summed E-state index contributed by atoms with van der Waals surface area (Å²) in [4.78, 5) is 0. The molecule has 0 saturated heterocycles. The Morgan fingerprint density at radius 1 is 0.645 bits per heavy atom. The summed E-state index contributed by atoms with van der Waals surface area (Å²) in [7, 11) is -3.79. The third-order valence-electron chi connectivity index (χ3n) is 4.53. The zero-order valence-electron chi connectivity index (χ0n) is 16.6. The van der Waals surface area contributed by atoms with Crippen molar-refractivity contribution in [3.05, 3.63) is 124 Å². The van der Waals surface area contributed by atoms with E-state index in [4.69, 9.17) is 9.05 Å². The van der Waals surface area contributed by atoms with Crippen LogP contribution in [0.2, 0.25) is 0 Å². The summed E-state index contributed by atoms with van der Waals surface area (Å²) in [6, 6.07) is 35.7. The average Bonchev–Trinajstić information content (AvgIpc) is 2.80. The minimum atomic E-state index is -3.79. The van der Waals surface area contributed by atoms with Gasteiger partial charge in [0.15, 0.2) is 5.78 Å². The molecule has 31 heavy (non-hydrogen) atoms. The number of benzene rings is 4. The van der Waals surface area contributed by atoms with E-state index in [1.165, 1.54) is 0 Å². The summed E-state index contributed by atoms with van der Waals surface area (Å²) in [5.41, 5.74) is 1.62. The SMILES string of the molecule is O=P(Oc1ccccc1)(Oc1ccccc1)C(Nc1ccc(I)cc1)c1ccccc1. The molecule has 4 aromatic carbocycles. The van der Waals surface area contributed by atoms with Crippen molar-refractivity contribution in [2.45, 2.75) is 5.78 Å². The van der Waals surface area contributed by atoms with Gasteiger partial charge in [0.2, 0.25) is 0 Å². The first-order valence-corrected chi connectivity index (χ1v) is 12.5. The van der Waals surface area contributed by atoms with Gasteiger partial charge in [-0.3, -0.25) is 0 Å². The second kappa shape index (κ2) is 10.0. The molecule has 0 saturated carbocycles. The van der Waals surface area contributed by atoms with Gasteiger partial charge in [-0.1, -0.05) is 66.7 Å². The molecule has 0 spiro atoms. The Labute approximate surface area is 195 Å². The molecular formula is C25H21INO3P. The topological polar surface area (TPSA) is 47.6 Å². The molecule has 0 aliphatic carbocycles. The molecule has 6 heteroatoms. The van der Waals surface area contributed by atoms with Gasteiger partial charge in [-0.25, -0.2) is 4.57 Å². The number of hydrogen-bond acceptors (Lipinski definition) is 4. The first-order valence-electron chi connectivity index (χ1n) is 9.78. The molecule has 0 aliphatic rings. The second-order valence-electron chi connectivity index (χ2n) is 6.81. The van der Waals surface area contributed by atoms with E-state index in [0.717, 1.165) is 14.8 Å². The molecular weight excluding hydrogens is 520 g/mol. The van der Waals surface area contributed by atoms with E-state index in [0.29, 0.717) is 11.5 Å². The molecule has 1 N–H and O–H groups in total. The van der Waals surface area contributed by atoms with Crippen LogP contribution >= 0.6 is 30.2 Å². The molecule has 1 unspecified atom stereocenters. The maximum Gasteiger partial charge on any atom is 0.457 e. The molecule has 0 aliphatic heterocycles. The Morgan fingerprint density at radius 3 is 1.58 bits per heavy atom. The van der Waals surface area contributed by atoms with E-state index in [1.54, 1.807) is 24.3 Å². The van der Waals surface area contributed by atoms with Crippen LogP contribution in [0.15, 0.2) is 115 Å². The van der Waals surface area contributed by atoms with Crippen molar-refractivity contribution >= 4 is 35.9 Å². The van der Waals surface area contributed by atoms with E-state index in [1.807, 2.05) is 91.0 Å². The predicted octanol–water partition coefficient (Wildman–Crippen LogP) is 7.75. The number of hydrogen-bond donors (Lipinski definition) is 1. The number of para-hydroxylation sites is 2. The minimum Gasteiger partial charge on any atom is -0.414 e. The van der Waals surface area contributed by atoms with Crippen LogP contribution in [-0.2, 0) is 4.57 Å². The summed E-state index contributed by atoms with van der Waals surface area (Å²) in [5, 5.41) is 3.39. The Morgan fingerprint density at radius 2 is 1.10 bits per heavy atom. The lowest BCUT2D eigenvalue weighted by Crippen LogP contribution is -2.18. The first-order chi connectivity index (χ1) is 15.1. The highest BCUT2D eigenvalue weighted by Gasteiger charge is 2.41. The lowest BCUT2D eigenvalue weighted by atomic mass is 10.2. The molecule has 4 nitrogen and oxygen atoms in total. The fourth-order valence-corrected chi connectivity index (χ4v) is 5.35. The monoisotopic (exact) mass is 541 g/mol. The molecule has 4 aromatic rings. The van der Waals surface area contributed by atoms with Crippen molar-refractivity contribution in [1.82, 2.24) is 0 Å². The van der Waals surface area contributed by atoms with Gasteiger partial charge in [-0.15, -0.1) is 0 Å². The molecule has 0 fully saturated rings. The third-order valence-corrected chi connectivity index (χ3v) is 7.24. The van der Waals surface area contributed by atoms with Crippen molar-refractivity contribution in [3.8, 4) is 11.5 Å². The largest absolute Gasteiger partial charge is 0.457 e. The van der Waals surface area contributed by atoms with Crippen molar-refractivity contribution in [3.63, 3.8) is 0 Å². The maximum absolute atomic E-state index is 14.4. The van der Waals surface area contributed by atoms with Crippen LogP contribution in [0.4, 0.5) is 5.69 Å². The highest BCUT2D eigenvalue weighted by atomic mass is 127. The summed E-state index contributed by atoms with van der Waals surface area (Å²) in [6.07, 6.45) is 0. The van der Waals surface area contributed by atoms with Crippen molar-refractivity contribution in [2.24, 2.45) is 0 Å². The molecule has 0 heterocycles. The number of rotatable bonds is 8. The van der Waals surface area contributed by atoms with Gasteiger partial charge >= 0.3 is 7.60 Å². The number of anilines is 1. The molecule has 0 aromatic heterocycles. The molecule has 0 radical (unpaired) electrons. The van der Waals surface area contributed by atoms with Crippen molar-refractivity contribution in [1.29, 1.82) is 0 Å². The standard InChI is InChI=1S/C25H21INO3P/c26-21-16-18-22(19-17-21)27-25(20-10-4-1-5-11-20)31(28,29-23-12-6-2-7-13-23)30-24-14-8-3-9-15-24/h1-19,25,27H. The summed E-state index contributed by atoms with van der Waals surface area (Å²) in [6.45, 7) is 0. The summed E-state index contributed by atoms with van der Waals surface area (Å²) in [5.74, 6) is 0.230.